The third kappa shape index (κ3) is 6.38. The summed E-state index contributed by atoms with van der Waals surface area (Å²) in [5.74, 6) is 1.27. The van der Waals surface area contributed by atoms with E-state index in [1.165, 1.54) is 0 Å². The van der Waals surface area contributed by atoms with Gasteiger partial charge in [-0.25, -0.2) is 0 Å². The second kappa shape index (κ2) is 8.88. The molecular formula is C12H26N2OS. The Bertz CT molecular complexity index is 197. The predicted molar refractivity (Wildman–Crippen MR) is 73.0 cm³/mol. The van der Waals surface area contributed by atoms with Gasteiger partial charge in [-0.1, -0.05) is 20.8 Å². The number of carbonyl (C=O) groups excluding carboxylic acids is 1. The largest absolute Gasteiger partial charge is 0.342 e. The molecule has 1 N–H and O–H groups in total. The van der Waals surface area contributed by atoms with Gasteiger partial charge in [-0.15, -0.1) is 0 Å². The Kier molecular flexibility index (Phi) is 8.76. The molecule has 1 unspecified atom stereocenters. The van der Waals surface area contributed by atoms with Crippen molar-refractivity contribution in [2.45, 2.75) is 45.7 Å². The van der Waals surface area contributed by atoms with Crippen LogP contribution in [0.3, 0.4) is 0 Å². The average Bonchev–Trinajstić information content (AvgIpc) is 2.24. The van der Waals surface area contributed by atoms with Gasteiger partial charge in [-0.2, -0.15) is 11.8 Å². The molecule has 0 rings (SSSR count). The van der Waals surface area contributed by atoms with Gasteiger partial charge in [-0.05, 0) is 12.7 Å². The lowest BCUT2D eigenvalue weighted by atomic mass is 10.2. The number of hydrogen-bond donors (Lipinski definition) is 1. The molecule has 0 aliphatic rings. The summed E-state index contributed by atoms with van der Waals surface area (Å²) in [6, 6.07) is 0.827. The van der Waals surface area contributed by atoms with Crippen LogP contribution in [0.1, 0.15) is 33.6 Å². The quantitative estimate of drug-likeness (QED) is 0.711. The summed E-state index contributed by atoms with van der Waals surface area (Å²) < 4.78 is 0. The molecule has 16 heavy (non-hydrogen) atoms. The van der Waals surface area contributed by atoms with E-state index < -0.39 is 0 Å². The van der Waals surface area contributed by atoms with Crippen LogP contribution in [0.15, 0.2) is 0 Å². The summed E-state index contributed by atoms with van der Waals surface area (Å²) in [7, 11) is 1.92. The number of hydrogen-bond acceptors (Lipinski definition) is 3. The normalized spacial score (nSPS) is 12.9. The molecule has 0 aliphatic carbocycles. The van der Waals surface area contributed by atoms with Gasteiger partial charge in [-0.3, -0.25) is 4.79 Å². The van der Waals surface area contributed by atoms with Crippen molar-refractivity contribution in [2.24, 2.45) is 0 Å². The lowest BCUT2D eigenvalue weighted by Gasteiger charge is -2.27. The lowest BCUT2D eigenvalue weighted by Crippen LogP contribution is -2.40. The van der Waals surface area contributed by atoms with Crippen LogP contribution in [0.4, 0.5) is 0 Å². The molecule has 96 valence electrons. The van der Waals surface area contributed by atoms with Crippen LogP contribution < -0.4 is 5.32 Å². The van der Waals surface area contributed by atoms with Gasteiger partial charge in [0.05, 0.1) is 0 Å². The van der Waals surface area contributed by atoms with Crippen molar-refractivity contribution in [1.82, 2.24) is 10.2 Å². The first kappa shape index (κ1) is 15.8. The highest BCUT2D eigenvalue weighted by Crippen LogP contribution is 2.09. The third-order valence-electron chi connectivity index (χ3n) is 2.66. The first-order valence-corrected chi connectivity index (χ1v) is 7.40. The Hall–Kier alpha value is -0.220. The fourth-order valence-electron chi connectivity index (χ4n) is 1.54. The fraction of sp³-hybridized carbons (Fsp3) is 0.917. The van der Waals surface area contributed by atoms with E-state index in [1.807, 2.05) is 11.9 Å². The van der Waals surface area contributed by atoms with Gasteiger partial charge in [0, 0.05) is 37.8 Å². The molecule has 0 spiro atoms. The Labute approximate surface area is 104 Å². The molecule has 0 aliphatic heterocycles. The number of thioether (sulfide) groups is 1. The molecule has 3 nitrogen and oxygen atoms in total. The molecule has 1 atom stereocenters. The van der Waals surface area contributed by atoms with E-state index >= 15 is 0 Å². The Balaban J connectivity index is 3.95. The minimum absolute atomic E-state index is 0.244. The summed E-state index contributed by atoms with van der Waals surface area (Å²) >= 11 is 1.80. The summed E-state index contributed by atoms with van der Waals surface area (Å²) in [4.78, 5) is 13.8. The molecule has 0 aromatic heterocycles. The zero-order valence-electron chi connectivity index (χ0n) is 11.2. The van der Waals surface area contributed by atoms with Crippen LogP contribution in [-0.4, -0.2) is 48.5 Å². The smallest absolute Gasteiger partial charge is 0.223 e. The molecule has 0 aromatic rings. The molecule has 0 saturated carbocycles. The highest BCUT2D eigenvalue weighted by atomic mass is 32.2. The summed E-state index contributed by atoms with van der Waals surface area (Å²) in [5, 5.41) is 3.27. The number of rotatable bonds is 8. The first-order chi connectivity index (χ1) is 7.52. The molecule has 1 amide bonds. The maximum absolute atomic E-state index is 11.9. The van der Waals surface area contributed by atoms with Crippen LogP contribution in [0.25, 0.3) is 0 Å². The molecular weight excluding hydrogens is 220 g/mol. The topological polar surface area (TPSA) is 32.3 Å². The van der Waals surface area contributed by atoms with E-state index in [2.05, 4.69) is 32.3 Å². The zero-order valence-corrected chi connectivity index (χ0v) is 12.1. The van der Waals surface area contributed by atoms with E-state index in [9.17, 15) is 4.79 Å². The van der Waals surface area contributed by atoms with Gasteiger partial charge in [0.25, 0.3) is 0 Å². The van der Waals surface area contributed by atoms with Crippen LogP contribution in [-0.2, 0) is 4.79 Å². The summed E-state index contributed by atoms with van der Waals surface area (Å²) in [6.45, 7) is 7.10. The van der Waals surface area contributed by atoms with Crippen molar-refractivity contribution in [3.8, 4) is 0 Å². The van der Waals surface area contributed by atoms with Gasteiger partial charge < -0.3 is 10.2 Å². The van der Waals surface area contributed by atoms with E-state index in [-0.39, 0.29) is 5.91 Å². The highest BCUT2D eigenvalue weighted by molar-refractivity contribution is 7.98. The van der Waals surface area contributed by atoms with Crippen molar-refractivity contribution in [1.29, 1.82) is 0 Å². The van der Waals surface area contributed by atoms with Crippen LogP contribution in [0, 0.1) is 0 Å². The molecule has 0 radical (unpaired) electrons. The average molecular weight is 246 g/mol. The zero-order chi connectivity index (χ0) is 12.6. The van der Waals surface area contributed by atoms with Gasteiger partial charge in [0.1, 0.15) is 0 Å². The van der Waals surface area contributed by atoms with E-state index in [0.29, 0.717) is 18.5 Å². The lowest BCUT2D eigenvalue weighted by molar-refractivity contribution is -0.131. The van der Waals surface area contributed by atoms with Crippen molar-refractivity contribution >= 4 is 17.7 Å². The third-order valence-corrected chi connectivity index (χ3v) is 3.38. The number of nitrogens with zero attached hydrogens (tertiary/aromatic N) is 1. The van der Waals surface area contributed by atoms with Gasteiger partial charge >= 0.3 is 0 Å². The van der Waals surface area contributed by atoms with Crippen molar-refractivity contribution in [3.63, 3.8) is 0 Å². The summed E-state index contributed by atoms with van der Waals surface area (Å²) in [6.07, 6.45) is 3.71. The van der Waals surface area contributed by atoms with Crippen LogP contribution >= 0.6 is 11.8 Å². The number of amides is 1. The second-order valence-electron chi connectivity index (χ2n) is 4.38. The van der Waals surface area contributed by atoms with Crippen molar-refractivity contribution < 1.29 is 4.79 Å². The Morgan fingerprint density at radius 1 is 1.44 bits per heavy atom. The first-order valence-electron chi connectivity index (χ1n) is 6.00. The van der Waals surface area contributed by atoms with Crippen molar-refractivity contribution in [3.05, 3.63) is 0 Å². The minimum Gasteiger partial charge on any atom is -0.342 e. The Morgan fingerprint density at radius 2 is 2.06 bits per heavy atom. The number of nitrogens with one attached hydrogen (secondary N) is 1. The SMILES string of the molecule is CCC(CSC)N(C)C(=O)CCNC(C)C. The molecule has 0 heterocycles. The number of carbonyl (C=O) groups is 1. The molecule has 0 fully saturated rings. The summed E-state index contributed by atoms with van der Waals surface area (Å²) in [5.41, 5.74) is 0. The maximum Gasteiger partial charge on any atom is 0.223 e. The fourth-order valence-corrected chi connectivity index (χ4v) is 2.39. The minimum atomic E-state index is 0.244. The van der Waals surface area contributed by atoms with Gasteiger partial charge in [0.15, 0.2) is 0 Å². The molecule has 0 aromatic carbocycles. The molecule has 0 bridgehead atoms. The maximum atomic E-state index is 11.9. The molecule has 4 heteroatoms. The van der Waals surface area contributed by atoms with Crippen LogP contribution in [0.5, 0.6) is 0 Å². The van der Waals surface area contributed by atoms with E-state index in [0.717, 1.165) is 18.7 Å². The monoisotopic (exact) mass is 246 g/mol. The highest BCUT2D eigenvalue weighted by Gasteiger charge is 2.17. The van der Waals surface area contributed by atoms with Crippen LogP contribution in [0.2, 0.25) is 0 Å². The van der Waals surface area contributed by atoms with Gasteiger partial charge in [0.2, 0.25) is 5.91 Å². The standard InChI is InChI=1S/C12H26N2OS/c1-6-11(9-16-5)14(4)12(15)7-8-13-10(2)3/h10-11,13H,6-9H2,1-5H3. The predicted octanol–water partition coefficient (Wildman–Crippen LogP) is 1.97. The Morgan fingerprint density at radius 3 is 2.50 bits per heavy atom. The van der Waals surface area contributed by atoms with Crippen molar-refractivity contribution in [2.75, 3.05) is 25.6 Å². The second-order valence-corrected chi connectivity index (χ2v) is 5.29. The van der Waals surface area contributed by atoms with E-state index in [1.54, 1.807) is 11.8 Å². The molecule has 0 saturated heterocycles. The van der Waals surface area contributed by atoms with E-state index in [4.69, 9.17) is 0 Å².